The normalized spacial score (nSPS) is 14.1. The number of rotatable bonds is 7. The molecule has 33 heavy (non-hydrogen) atoms. The molecule has 0 aliphatic carbocycles. The Balaban J connectivity index is 1.56. The lowest BCUT2D eigenvalue weighted by Gasteiger charge is -2.26. The first kappa shape index (κ1) is 22.9. The summed E-state index contributed by atoms with van der Waals surface area (Å²) in [5.41, 5.74) is 1.52. The SMILES string of the molecule is O=C(Nc1cccc(CN2CCOCC2)c1)c1cc([N+](=O)[O-])ccc1Sc1ccccc1F. The predicted molar refractivity (Wildman–Crippen MR) is 124 cm³/mol. The second kappa shape index (κ2) is 10.6. The smallest absolute Gasteiger partial charge is 0.270 e. The van der Waals surface area contributed by atoms with E-state index in [1.165, 1.54) is 24.3 Å². The molecule has 0 atom stereocenters. The quantitative estimate of drug-likeness (QED) is 0.390. The molecule has 0 saturated carbocycles. The van der Waals surface area contributed by atoms with Crippen LogP contribution in [-0.4, -0.2) is 42.0 Å². The number of nitro benzene ring substituents is 1. The molecule has 9 heteroatoms. The highest BCUT2D eigenvalue weighted by Crippen LogP contribution is 2.34. The number of anilines is 1. The average molecular weight is 468 g/mol. The lowest BCUT2D eigenvalue weighted by atomic mass is 10.1. The van der Waals surface area contributed by atoms with Crippen LogP contribution in [0.2, 0.25) is 0 Å². The van der Waals surface area contributed by atoms with Gasteiger partial charge in [-0.2, -0.15) is 0 Å². The maximum Gasteiger partial charge on any atom is 0.270 e. The van der Waals surface area contributed by atoms with Crippen LogP contribution in [0.1, 0.15) is 15.9 Å². The molecule has 4 rings (SSSR count). The molecule has 1 aliphatic heterocycles. The van der Waals surface area contributed by atoms with Crippen molar-refractivity contribution in [3.05, 3.63) is 93.8 Å². The van der Waals surface area contributed by atoms with Gasteiger partial charge in [0.15, 0.2) is 0 Å². The van der Waals surface area contributed by atoms with Crippen LogP contribution in [0.5, 0.6) is 0 Å². The number of nitrogens with zero attached hydrogens (tertiary/aromatic N) is 2. The Labute approximate surface area is 194 Å². The fourth-order valence-electron chi connectivity index (χ4n) is 3.51. The molecule has 0 radical (unpaired) electrons. The highest BCUT2D eigenvalue weighted by Gasteiger charge is 2.19. The maximum atomic E-state index is 14.2. The summed E-state index contributed by atoms with van der Waals surface area (Å²) in [5, 5.41) is 14.1. The fourth-order valence-corrected chi connectivity index (χ4v) is 4.45. The number of nitrogens with one attached hydrogen (secondary N) is 1. The number of carbonyl (C=O) groups excluding carboxylic acids is 1. The molecule has 1 saturated heterocycles. The number of carbonyl (C=O) groups is 1. The number of benzene rings is 3. The highest BCUT2D eigenvalue weighted by atomic mass is 32.2. The first-order valence-corrected chi connectivity index (χ1v) is 11.2. The molecule has 7 nitrogen and oxygen atoms in total. The summed E-state index contributed by atoms with van der Waals surface area (Å²) in [7, 11) is 0. The van der Waals surface area contributed by atoms with Gasteiger partial charge < -0.3 is 10.1 Å². The summed E-state index contributed by atoms with van der Waals surface area (Å²) in [5.74, 6) is -0.927. The van der Waals surface area contributed by atoms with Gasteiger partial charge in [0.2, 0.25) is 0 Å². The van der Waals surface area contributed by atoms with Crippen molar-refractivity contribution in [3.63, 3.8) is 0 Å². The van der Waals surface area contributed by atoms with E-state index in [4.69, 9.17) is 4.74 Å². The van der Waals surface area contributed by atoms with Gasteiger partial charge in [0.25, 0.3) is 11.6 Å². The third kappa shape index (κ3) is 5.95. The van der Waals surface area contributed by atoms with Crippen molar-refractivity contribution in [2.75, 3.05) is 31.6 Å². The van der Waals surface area contributed by atoms with E-state index in [2.05, 4.69) is 10.2 Å². The van der Waals surface area contributed by atoms with Crippen molar-refractivity contribution in [2.24, 2.45) is 0 Å². The van der Waals surface area contributed by atoms with Gasteiger partial charge in [-0.1, -0.05) is 36.0 Å². The summed E-state index contributed by atoms with van der Waals surface area (Å²) in [6.07, 6.45) is 0. The third-order valence-electron chi connectivity index (χ3n) is 5.17. The summed E-state index contributed by atoms with van der Waals surface area (Å²) in [6.45, 7) is 3.83. The van der Waals surface area contributed by atoms with Gasteiger partial charge in [-0.15, -0.1) is 0 Å². The minimum absolute atomic E-state index is 0.107. The molecule has 1 N–H and O–H groups in total. The predicted octanol–water partition coefficient (Wildman–Crippen LogP) is 4.97. The molecule has 170 valence electrons. The van der Waals surface area contributed by atoms with E-state index in [9.17, 15) is 19.3 Å². The minimum atomic E-state index is -0.558. The Morgan fingerprint density at radius 2 is 1.85 bits per heavy atom. The Kier molecular flexibility index (Phi) is 7.33. The van der Waals surface area contributed by atoms with Gasteiger partial charge in [-0.05, 0) is 35.9 Å². The lowest BCUT2D eigenvalue weighted by Crippen LogP contribution is -2.35. The molecule has 3 aromatic carbocycles. The molecule has 1 aliphatic rings. The molecule has 3 aromatic rings. The number of halogens is 1. The minimum Gasteiger partial charge on any atom is -0.379 e. The van der Waals surface area contributed by atoms with Gasteiger partial charge in [0.05, 0.1) is 23.7 Å². The van der Waals surface area contributed by atoms with Gasteiger partial charge in [0.1, 0.15) is 5.82 Å². The van der Waals surface area contributed by atoms with E-state index >= 15 is 0 Å². The summed E-state index contributed by atoms with van der Waals surface area (Å²) < 4.78 is 19.5. The van der Waals surface area contributed by atoms with E-state index in [1.807, 2.05) is 18.2 Å². The van der Waals surface area contributed by atoms with Crippen LogP contribution in [0, 0.1) is 15.9 Å². The molecule has 0 aromatic heterocycles. The monoisotopic (exact) mass is 467 g/mol. The Hall–Kier alpha value is -3.27. The van der Waals surface area contributed by atoms with Crippen LogP contribution in [0.25, 0.3) is 0 Å². The Morgan fingerprint density at radius 3 is 2.61 bits per heavy atom. The summed E-state index contributed by atoms with van der Waals surface area (Å²) >= 11 is 1.05. The van der Waals surface area contributed by atoms with Crippen molar-refractivity contribution < 1.29 is 18.8 Å². The van der Waals surface area contributed by atoms with E-state index in [1.54, 1.807) is 24.3 Å². The van der Waals surface area contributed by atoms with E-state index in [0.29, 0.717) is 28.7 Å². The first-order chi connectivity index (χ1) is 16.0. The van der Waals surface area contributed by atoms with Crippen LogP contribution < -0.4 is 5.32 Å². The van der Waals surface area contributed by atoms with Crippen LogP contribution in [-0.2, 0) is 11.3 Å². The van der Waals surface area contributed by atoms with E-state index in [-0.39, 0.29) is 11.3 Å². The lowest BCUT2D eigenvalue weighted by molar-refractivity contribution is -0.384. The van der Waals surface area contributed by atoms with Crippen LogP contribution in [0.15, 0.2) is 76.5 Å². The van der Waals surface area contributed by atoms with Gasteiger partial charge in [0, 0.05) is 47.2 Å². The van der Waals surface area contributed by atoms with E-state index in [0.717, 1.165) is 37.0 Å². The molecule has 1 heterocycles. The number of amides is 1. The topological polar surface area (TPSA) is 84.7 Å². The van der Waals surface area contributed by atoms with Gasteiger partial charge in [-0.3, -0.25) is 19.8 Å². The van der Waals surface area contributed by atoms with Crippen molar-refractivity contribution in [2.45, 2.75) is 16.3 Å². The third-order valence-corrected chi connectivity index (χ3v) is 6.30. The highest BCUT2D eigenvalue weighted by molar-refractivity contribution is 7.99. The number of hydrogen-bond donors (Lipinski definition) is 1. The Bertz CT molecular complexity index is 1170. The largest absolute Gasteiger partial charge is 0.379 e. The van der Waals surface area contributed by atoms with Gasteiger partial charge >= 0.3 is 0 Å². The molecule has 0 bridgehead atoms. The second-order valence-corrected chi connectivity index (χ2v) is 8.60. The zero-order valence-corrected chi connectivity index (χ0v) is 18.5. The molecule has 1 amide bonds. The van der Waals surface area contributed by atoms with Crippen LogP contribution >= 0.6 is 11.8 Å². The summed E-state index contributed by atoms with van der Waals surface area (Å²) in [4.78, 5) is 26.9. The number of ether oxygens (including phenoxy) is 1. The fraction of sp³-hybridized carbons (Fsp3) is 0.208. The van der Waals surface area contributed by atoms with Crippen LogP contribution in [0.4, 0.5) is 15.8 Å². The van der Waals surface area contributed by atoms with Gasteiger partial charge in [-0.25, -0.2) is 4.39 Å². The number of morpholine rings is 1. The molecular weight excluding hydrogens is 445 g/mol. The van der Waals surface area contributed by atoms with Crippen molar-refractivity contribution in [1.82, 2.24) is 4.90 Å². The summed E-state index contributed by atoms with van der Waals surface area (Å²) in [6, 6.07) is 17.7. The zero-order valence-electron chi connectivity index (χ0n) is 17.7. The first-order valence-electron chi connectivity index (χ1n) is 10.4. The molecule has 0 unspecified atom stereocenters. The number of non-ortho nitro benzene ring substituents is 1. The van der Waals surface area contributed by atoms with Crippen LogP contribution in [0.3, 0.4) is 0 Å². The average Bonchev–Trinajstić information content (AvgIpc) is 2.81. The molecule has 0 spiro atoms. The second-order valence-electron chi connectivity index (χ2n) is 7.51. The zero-order chi connectivity index (χ0) is 23.2. The van der Waals surface area contributed by atoms with E-state index < -0.39 is 16.6 Å². The van der Waals surface area contributed by atoms with Crippen molar-refractivity contribution in [3.8, 4) is 0 Å². The molecule has 1 fully saturated rings. The van der Waals surface area contributed by atoms with Crippen molar-refractivity contribution >= 4 is 29.0 Å². The molecular formula is C24H22FN3O4S. The maximum absolute atomic E-state index is 14.2. The van der Waals surface area contributed by atoms with Crippen molar-refractivity contribution in [1.29, 1.82) is 0 Å². The number of hydrogen-bond acceptors (Lipinski definition) is 6. The standard InChI is InChI=1S/C24H22FN3O4S/c25-21-6-1-2-7-23(21)33-22-9-8-19(28(30)31)15-20(22)24(29)26-18-5-3-4-17(14-18)16-27-10-12-32-13-11-27/h1-9,14-15H,10-13,16H2,(H,26,29). The number of nitro groups is 1. The Morgan fingerprint density at radius 1 is 1.06 bits per heavy atom.